The van der Waals surface area contributed by atoms with Crippen LogP contribution in [0.1, 0.15) is 38.5 Å². The molecule has 0 atom stereocenters. The highest BCUT2D eigenvalue weighted by atomic mass is 16.3. The van der Waals surface area contributed by atoms with E-state index in [1.54, 1.807) is 6.26 Å². The molecule has 18 heavy (non-hydrogen) atoms. The lowest BCUT2D eigenvalue weighted by molar-refractivity contribution is 0.291. The van der Waals surface area contributed by atoms with E-state index in [-0.39, 0.29) is 0 Å². The summed E-state index contributed by atoms with van der Waals surface area (Å²) in [7, 11) is 0. The van der Waals surface area contributed by atoms with Gasteiger partial charge < -0.3 is 9.73 Å². The number of hydrogen-bond donors (Lipinski definition) is 1. The molecule has 102 valence electrons. The Morgan fingerprint density at radius 3 is 2.89 bits per heavy atom. The predicted octanol–water partition coefficient (Wildman–Crippen LogP) is 3.18. The summed E-state index contributed by atoms with van der Waals surface area (Å²) in [5.41, 5.74) is 1.28. The molecule has 0 aliphatic carbocycles. The standard InChI is InChI=1S/C15H26N2O/c1-5-8-17(9-6-2)12-14-7-10-18-15(14)11-16-13(3)4/h5,7,10,13,16H,1,6,8-9,11-12H2,2-4H3. The molecule has 1 heterocycles. The third-order valence-corrected chi connectivity index (χ3v) is 2.83. The van der Waals surface area contributed by atoms with Crippen LogP contribution in [0.3, 0.4) is 0 Å². The van der Waals surface area contributed by atoms with Crippen molar-refractivity contribution in [1.82, 2.24) is 10.2 Å². The van der Waals surface area contributed by atoms with E-state index < -0.39 is 0 Å². The second kappa shape index (κ2) is 8.11. The molecular formula is C15H26N2O. The highest BCUT2D eigenvalue weighted by Gasteiger charge is 2.10. The van der Waals surface area contributed by atoms with Crippen LogP contribution in [0.5, 0.6) is 0 Å². The molecule has 0 aliphatic heterocycles. The van der Waals surface area contributed by atoms with Crippen molar-refractivity contribution in [3.05, 3.63) is 36.3 Å². The van der Waals surface area contributed by atoms with Gasteiger partial charge in [-0.3, -0.25) is 4.90 Å². The first-order chi connectivity index (χ1) is 8.67. The van der Waals surface area contributed by atoms with Crippen LogP contribution in [0.15, 0.2) is 29.4 Å². The summed E-state index contributed by atoms with van der Waals surface area (Å²) in [5.74, 6) is 1.05. The third kappa shape index (κ3) is 5.07. The van der Waals surface area contributed by atoms with Crippen LogP contribution in [0, 0.1) is 0 Å². The summed E-state index contributed by atoms with van der Waals surface area (Å²) >= 11 is 0. The maximum absolute atomic E-state index is 5.56. The minimum atomic E-state index is 0.475. The summed E-state index contributed by atoms with van der Waals surface area (Å²) in [6, 6.07) is 2.55. The maximum atomic E-state index is 5.56. The Kier molecular flexibility index (Phi) is 6.76. The number of rotatable bonds is 9. The molecule has 0 saturated heterocycles. The first-order valence-corrected chi connectivity index (χ1v) is 6.79. The molecular weight excluding hydrogens is 224 g/mol. The van der Waals surface area contributed by atoms with Crippen LogP contribution in [-0.4, -0.2) is 24.0 Å². The van der Waals surface area contributed by atoms with E-state index in [1.807, 2.05) is 6.08 Å². The van der Waals surface area contributed by atoms with E-state index in [2.05, 4.69) is 43.6 Å². The third-order valence-electron chi connectivity index (χ3n) is 2.83. The van der Waals surface area contributed by atoms with Gasteiger partial charge in [0.2, 0.25) is 0 Å². The van der Waals surface area contributed by atoms with E-state index in [1.165, 1.54) is 5.56 Å². The highest BCUT2D eigenvalue weighted by Crippen LogP contribution is 2.14. The minimum absolute atomic E-state index is 0.475. The average molecular weight is 250 g/mol. The van der Waals surface area contributed by atoms with Gasteiger partial charge in [-0.05, 0) is 19.0 Å². The number of hydrogen-bond acceptors (Lipinski definition) is 3. The normalized spacial score (nSPS) is 11.4. The molecule has 0 aromatic carbocycles. The molecule has 1 N–H and O–H groups in total. The van der Waals surface area contributed by atoms with Crippen molar-refractivity contribution < 1.29 is 4.42 Å². The Balaban J connectivity index is 2.58. The van der Waals surface area contributed by atoms with Crippen LogP contribution < -0.4 is 5.32 Å². The van der Waals surface area contributed by atoms with E-state index in [0.29, 0.717) is 6.04 Å². The molecule has 0 saturated carbocycles. The Morgan fingerprint density at radius 2 is 2.28 bits per heavy atom. The van der Waals surface area contributed by atoms with Crippen LogP contribution in [-0.2, 0) is 13.1 Å². The van der Waals surface area contributed by atoms with Gasteiger partial charge in [-0.15, -0.1) is 6.58 Å². The van der Waals surface area contributed by atoms with Gasteiger partial charge in [0.25, 0.3) is 0 Å². The van der Waals surface area contributed by atoms with Crippen molar-refractivity contribution in [3.8, 4) is 0 Å². The molecule has 0 radical (unpaired) electrons. The van der Waals surface area contributed by atoms with Crippen molar-refractivity contribution in [1.29, 1.82) is 0 Å². The van der Waals surface area contributed by atoms with Crippen molar-refractivity contribution in [2.24, 2.45) is 0 Å². The predicted molar refractivity (Wildman–Crippen MR) is 76.4 cm³/mol. The topological polar surface area (TPSA) is 28.4 Å². The fourth-order valence-electron chi connectivity index (χ4n) is 1.93. The van der Waals surface area contributed by atoms with Gasteiger partial charge in [-0.25, -0.2) is 0 Å². The van der Waals surface area contributed by atoms with E-state index >= 15 is 0 Å². The van der Waals surface area contributed by atoms with E-state index in [4.69, 9.17) is 4.42 Å². The van der Waals surface area contributed by atoms with Crippen molar-refractivity contribution >= 4 is 0 Å². The second-order valence-electron chi connectivity index (χ2n) is 4.93. The fraction of sp³-hybridized carbons (Fsp3) is 0.600. The summed E-state index contributed by atoms with van der Waals surface area (Å²) in [6.07, 6.45) is 4.90. The molecule has 0 bridgehead atoms. The molecule has 0 amide bonds. The molecule has 1 rings (SSSR count). The summed E-state index contributed by atoms with van der Waals surface area (Å²) in [4.78, 5) is 2.39. The van der Waals surface area contributed by atoms with Gasteiger partial charge in [0.1, 0.15) is 5.76 Å². The molecule has 1 aromatic heterocycles. The quantitative estimate of drug-likeness (QED) is 0.682. The summed E-state index contributed by atoms with van der Waals surface area (Å²) in [5, 5.41) is 3.39. The van der Waals surface area contributed by atoms with Crippen LogP contribution in [0.2, 0.25) is 0 Å². The lowest BCUT2D eigenvalue weighted by atomic mass is 10.2. The molecule has 3 heteroatoms. The molecule has 0 aliphatic rings. The number of nitrogens with one attached hydrogen (secondary N) is 1. The maximum Gasteiger partial charge on any atom is 0.122 e. The first-order valence-electron chi connectivity index (χ1n) is 6.79. The van der Waals surface area contributed by atoms with Gasteiger partial charge in [0.05, 0.1) is 12.8 Å². The second-order valence-corrected chi connectivity index (χ2v) is 4.93. The largest absolute Gasteiger partial charge is 0.468 e. The van der Waals surface area contributed by atoms with Crippen molar-refractivity contribution in [2.45, 2.75) is 46.3 Å². The Morgan fingerprint density at radius 1 is 1.50 bits per heavy atom. The van der Waals surface area contributed by atoms with Crippen LogP contribution in [0.25, 0.3) is 0 Å². The van der Waals surface area contributed by atoms with Crippen molar-refractivity contribution in [2.75, 3.05) is 13.1 Å². The Bertz CT molecular complexity index is 344. The van der Waals surface area contributed by atoms with E-state index in [9.17, 15) is 0 Å². The van der Waals surface area contributed by atoms with Gasteiger partial charge in [0, 0.05) is 24.7 Å². The molecule has 0 spiro atoms. The number of nitrogens with zero attached hydrogens (tertiary/aromatic N) is 1. The lowest BCUT2D eigenvalue weighted by Gasteiger charge is -2.19. The number of furan rings is 1. The zero-order valence-electron chi connectivity index (χ0n) is 11.9. The minimum Gasteiger partial charge on any atom is -0.468 e. The van der Waals surface area contributed by atoms with Crippen LogP contribution >= 0.6 is 0 Å². The SMILES string of the molecule is C=CCN(CCC)Cc1ccoc1CNC(C)C. The molecule has 3 nitrogen and oxygen atoms in total. The zero-order valence-corrected chi connectivity index (χ0v) is 11.9. The molecule has 1 aromatic rings. The van der Waals surface area contributed by atoms with Gasteiger partial charge in [-0.1, -0.05) is 26.8 Å². The first kappa shape index (κ1) is 15.0. The zero-order chi connectivity index (χ0) is 13.4. The smallest absolute Gasteiger partial charge is 0.122 e. The van der Waals surface area contributed by atoms with Crippen LogP contribution in [0.4, 0.5) is 0 Å². The lowest BCUT2D eigenvalue weighted by Crippen LogP contribution is -2.26. The van der Waals surface area contributed by atoms with E-state index in [0.717, 1.165) is 38.4 Å². The fourth-order valence-corrected chi connectivity index (χ4v) is 1.93. The summed E-state index contributed by atoms with van der Waals surface area (Å²) < 4.78 is 5.56. The summed E-state index contributed by atoms with van der Waals surface area (Å²) in [6.45, 7) is 14.1. The molecule has 0 fully saturated rings. The van der Waals surface area contributed by atoms with Gasteiger partial charge >= 0.3 is 0 Å². The Labute approximate surface area is 111 Å². The van der Waals surface area contributed by atoms with Gasteiger partial charge in [0.15, 0.2) is 0 Å². The highest BCUT2D eigenvalue weighted by molar-refractivity contribution is 5.17. The van der Waals surface area contributed by atoms with Crippen molar-refractivity contribution in [3.63, 3.8) is 0 Å². The Hall–Kier alpha value is -1.06. The van der Waals surface area contributed by atoms with Gasteiger partial charge in [-0.2, -0.15) is 0 Å². The molecule has 0 unspecified atom stereocenters. The monoisotopic (exact) mass is 250 g/mol. The average Bonchev–Trinajstić information content (AvgIpc) is 2.74.